The summed E-state index contributed by atoms with van der Waals surface area (Å²) in [6, 6.07) is 9.99. The number of nitrogens with one attached hydrogen (secondary N) is 2. The van der Waals surface area contributed by atoms with Gasteiger partial charge >= 0.3 is 0 Å². The van der Waals surface area contributed by atoms with Crippen LogP contribution in [0.15, 0.2) is 41.5 Å². The molecule has 2 N–H and O–H groups in total. The van der Waals surface area contributed by atoms with Gasteiger partial charge in [0.05, 0.1) is 25.5 Å². The third-order valence-corrected chi connectivity index (χ3v) is 5.08. The number of guanidine groups is 1. The summed E-state index contributed by atoms with van der Waals surface area (Å²) in [5.41, 5.74) is 3.26. The fourth-order valence-electron chi connectivity index (χ4n) is 3.37. The molecule has 0 atom stereocenters. The topological polar surface area (TPSA) is 67.8 Å². The number of aryl methyl sites for hydroxylation is 1. The second-order valence-electron chi connectivity index (χ2n) is 7.04. The number of pyridine rings is 1. The first-order valence-corrected chi connectivity index (χ1v) is 9.88. The van der Waals surface area contributed by atoms with Gasteiger partial charge in [-0.3, -0.25) is 9.98 Å². The average molecular weight is 510 g/mol. The van der Waals surface area contributed by atoms with E-state index in [0.717, 1.165) is 47.1 Å². The van der Waals surface area contributed by atoms with E-state index < -0.39 is 0 Å². The van der Waals surface area contributed by atoms with Crippen molar-refractivity contribution in [1.82, 2.24) is 15.6 Å². The predicted octanol–water partition coefficient (Wildman–Crippen LogP) is 4.20. The molecule has 1 heterocycles. The van der Waals surface area contributed by atoms with Crippen LogP contribution in [0.25, 0.3) is 0 Å². The lowest BCUT2D eigenvalue weighted by Gasteiger charge is -2.19. The zero-order valence-electron chi connectivity index (χ0n) is 17.4. The van der Waals surface area contributed by atoms with Gasteiger partial charge in [0.15, 0.2) is 5.96 Å². The molecule has 2 aromatic rings. The van der Waals surface area contributed by atoms with E-state index in [4.69, 9.17) is 9.47 Å². The predicted molar refractivity (Wildman–Crippen MR) is 127 cm³/mol. The maximum absolute atomic E-state index is 6.27. The van der Waals surface area contributed by atoms with Crippen LogP contribution in [0.3, 0.4) is 0 Å². The lowest BCUT2D eigenvalue weighted by atomic mass is 10.2. The second kappa shape index (κ2) is 11.8. The van der Waals surface area contributed by atoms with Gasteiger partial charge in [-0.25, -0.2) is 0 Å². The Morgan fingerprint density at radius 1 is 1.17 bits per heavy atom. The highest BCUT2D eigenvalue weighted by Gasteiger charge is 2.18. The number of methoxy groups -OCH3 is 1. The molecule has 1 aromatic carbocycles. The number of halogens is 1. The first kappa shape index (κ1) is 23.3. The maximum atomic E-state index is 6.27. The highest BCUT2D eigenvalue weighted by atomic mass is 127. The van der Waals surface area contributed by atoms with Crippen molar-refractivity contribution in [2.75, 3.05) is 14.2 Å². The van der Waals surface area contributed by atoms with Gasteiger partial charge in [0.1, 0.15) is 11.5 Å². The van der Waals surface area contributed by atoms with Crippen LogP contribution >= 0.6 is 24.0 Å². The van der Waals surface area contributed by atoms with Crippen molar-refractivity contribution in [2.45, 2.75) is 51.8 Å². The molecule has 1 aliphatic rings. The summed E-state index contributed by atoms with van der Waals surface area (Å²) < 4.78 is 11.6. The molecule has 1 fully saturated rings. The highest BCUT2D eigenvalue weighted by Crippen LogP contribution is 2.29. The van der Waals surface area contributed by atoms with E-state index in [2.05, 4.69) is 33.6 Å². The number of nitrogens with zero attached hydrogens (tertiary/aromatic N) is 2. The fraction of sp³-hybridized carbons (Fsp3) is 0.455. The Morgan fingerprint density at radius 3 is 2.62 bits per heavy atom. The molecule has 0 aliphatic heterocycles. The zero-order valence-corrected chi connectivity index (χ0v) is 19.7. The molecule has 29 heavy (non-hydrogen) atoms. The summed E-state index contributed by atoms with van der Waals surface area (Å²) in [6.07, 6.45) is 6.84. The number of aromatic nitrogens is 1. The minimum Gasteiger partial charge on any atom is -0.497 e. The molecule has 1 aliphatic carbocycles. The smallest absolute Gasteiger partial charge is 0.191 e. The van der Waals surface area contributed by atoms with Crippen LogP contribution in [0.5, 0.6) is 11.5 Å². The van der Waals surface area contributed by atoms with E-state index >= 15 is 0 Å². The number of ether oxygens (including phenoxy) is 2. The molecule has 0 unspecified atom stereocenters. The standard InChI is InChI=1S/C22H30N4O2.HI/c1-16-7-6-12-24-20(16)15-26-22(23-2)25-14-17-10-11-19(27-3)13-21(17)28-18-8-4-5-9-18;/h6-7,10-13,18H,4-5,8-9,14-15H2,1-3H3,(H2,23,25,26);1H. The molecule has 0 saturated heterocycles. The molecule has 1 aromatic heterocycles. The van der Waals surface area contributed by atoms with Gasteiger partial charge in [-0.05, 0) is 56.4 Å². The van der Waals surface area contributed by atoms with E-state index in [1.165, 1.54) is 12.8 Å². The molecular weight excluding hydrogens is 479 g/mol. The summed E-state index contributed by atoms with van der Waals surface area (Å²) in [6.45, 7) is 3.30. The lowest BCUT2D eigenvalue weighted by Crippen LogP contribution is -2.36. The Kier molecular flexibility index (Phi) is 9.50. The molecule has 7 heteroatoms. The maximum Gasteiger partial charge on any atom is 0.191 e. The van der Waals surface area contributed by atoms with Crippen molar-refractivity contribution in [3.05, 3.63) is 53.3 Å². The first-order valence-electron chi connectivity index (χ1n) is 9.88. The zero-order chi connectivity index (χ0) is 19.8. The third-order valence-electron chi connectivity index (χ3n) is 5.08. The summed E-state index contributed by atoms with van der Waals surface area (Å²) in [4.78, 5) is 8.73. The third kappa shape index (κ3) is 6.76. The molecular formula is C22H31IN4O2. The van der Waals surface area contributed by atoms with E-state index in [9.17, 15) is 0 Å². The van der Waals surface area contributed by atoms with Gasteiger partial charge in [-0.2, -0.15) is 0 Å². The van der Waals surface area contributed by atoms with E-state index in [1.54, 1.807) is 14.2 Å². The van der Waals surface area contributed by atoms with Crippen LogP contribution < -0.4 is 20.1 Å². The Hall–Kier alpha value is -2.03. The van der Waals surface area contributed by atoms with Gasteiger partial charge in [-0.15, -0.1) is 24.0 Å². The number of hydrogen-bond donors (Lipinski definition) is 2. The van der Waals surface area contributed by atoms with Crippen LogP contribution in [-0.4, -0.2) is 31.2 Å². The van der Waals surface area contributed by atoms with Crippen LogP contribution in [-0.2, 0) is 13.1 Å². The fourth-order valence-corrected chi connectivity index (χ4v) is 3.37. The van der Waals surface area contributed by atoms with Crippen LogP contribution in [0.2, 0.25) is 0 Å². The van der Waals surface area contributed by atoms with Crippen LogP contribution in [0, 0.1) is 6.92 Å². The number of benzene rings is 1. The summed E-state index contributed by atoms with van der Waals surface area (Å²) in [5, 5.41) is 6.69. The SMILES string of the molecule is CN=C(NCc1ccc(OC)cc1OC1CCCC1)NCc1ncccc1C.I. The number of hydrogen-bond acceptors (Lipinski definition) is 4. The van der Waals surface area contributed by atoms with Crippen LogP contribution in [0.4, 0.5) is 0 Å². The number of rotatable bonds is 7. The van der Waals surface area contributed by atoms with Gasteiger partial charge in [0.25, 0.3) is 0 Å². The van der Waals surface area contributed by atoms with E-state index in [0.29, 0.717) is 19.2 Å². The van der Waals surface area contributed by atoms with Crippen molar-refractivity contribution in [1.29, 1.82) is 0 Å². The summed E-state index contributed by atoms with van der Waals surface area (Å²) in [5.74, 6) is 2.42. The van der Waals surface area contributed by atoms with Crippen molar-refractivity contribution in [3.8, 4) is 11.5 Å². The first-order chi connectivity index (χ1) is 13.7. The molecule has 158 valence electrons. The average Bonchev–Trinajstić information content (AvgIpc) is 3.23. The summed E-state index contributed by atoms with van der Waals surface area (Å²) >= 11 is 0. The van der Waals surface area contributed by atoms with Gasteiger partial charge in [0, 0.05) is 31.4 Å². The molecule has 0 amide bonds. The quantitative estimate of drug-likeness (QED) is 0.332. The van der Waals surface area contributed by atoms with Crippen molar-refractivity contribution >= 4 is 29.9 Å². The minimum atomic E-state index is 0. The van der Waals surface area contributed by atoms with Gasteiger partial charge in [-0.1, -0.05) is 6.07 Å². The molecule has 0 radical (unpaired) electrons. The van der Waals surface area contributed by atoms with E-state index in [-0.39, 0.29) is 24.0 Å². The Bertz CT molecular complexity index is 807. The molecule has 0 spiro atoms. The monoisotopic (exact) mass is 510 g/mol. The largest absolute Gasteiger partial charge is 0.497 e. The highest BCUT2D eigenvalue weighted by molar-refractivity contribution is 14.0. The Labute approximate surface area is 190 Å². The number of aliphatic imine (C=N–C) groups is 1. The van der Waals surface area contributed by atoms with Gasteiger partial charge < -0.3 is 20.1 Å². The molecule has 0 bridgehead atoms. The molecule has 6 nitrogen and oxygen atoms in total. The van der Waals surface area contributed by atoms with Crippen molar-refractivity contribution in [2.24, 2.45) is 4.99 Å². The molecule has 3 rings (SSSR count). The van der Waals surface area contributed by atoms with E-state index in [1.807, 2.05) is 30.5 Å². The van der Waals surface area contributed by atoms with Crippen LogP contribution in [0.1, 0.15) is 42.5 Å². The van der Waals surface area contributed by atoms with Gasteiger partial charge in [0.2, 0.25) is 0 Å². The minimum absolute atomic E-state index is 0. The Morgan fingerprint density at radius 2 is 1.93 bits per heavy atom. The normalized spacial score (nSPS) is 14.2. The summed E-state index contributed by atoms with van der Waals surface area (Å²) in [7, 11) is 3.45. The lowest BCUT2D eigenvalue weighted by molar-refractivity contribution is 0.207. The van der Waals surface area contributed by atoms with Crippen molar-refractivity contribution in [3.63, 3.8) is 0 Å². The molecule has 1 saturated carbocycles. The van der Waals surface area contributed by atoms with Crippen molar-refractivity contribution < 1.29 is 9.47 Å². The Balaban J connectivity index is 0.00000300. The second-order valence-corrected chi connectivity index (χ2v) is 7.04.